The van der Waals surface area contributed by atoms with Gasteiger partial charge in [-0.2, -0.15) is 0 Å². The monoisotopic (exact) mass is 356 g/mol. The lowest BCUT2D eigenvalue weighted by molar-refractivity contribution is -0.543. The number of benzene rings is 2. The highest BCUT2D eigenvalue weighted by Gasteiger charge is 2.36. The van der Waals surface area contributed by atoms with Crippen LogP contribution in [0.25, 0.3) is 0 Å². The summed E-state index contributed by atoms with van der Waals surface area (Å²) in [6.45, 7) is 3.69. The van der Waals surface area contributed by atoms with Gasteiger partial charge in [0.1, 0.15) is 12.2 Å². The Hall–Kier alpha value is -2.73. The van der Waals surface area contributed by atoms with Crippen molar-refractivity contribution in [3.63, 3.8) is 0 Å². The summed E-state index contributed by atoms with van der Waals surface area (Å²) in [7, 11) is 0. The molecule has 6 nitrogen and oxygen atoms in total. The normalized spacial score (nSPS) is 15.5. The first-order valence-corrected chi connectivity index (χ1v) is 8.67. The van der Waals surface area contributed by atoms with Crippen LogP contribution in [0, 0.1) is 10.1 Å². The molecule has 0 heterocycles. The predicted molar refractivity (Wildman–Crippen MR) is 99.2 cm³/mol. The van der Waals surface area contributed by atoms with Crippen molar-refractivity contribution in [2.75, 3.05) is 0 Å². The van der Waals surface area contributed by atoms with Gasteiger partial charge in [-0.1, -0.05) is 67.6 Å². The number of amides is 1. The fourth-order valence-electron chi connectivity index (χ4n) is 3.03. The van der Waals surface area contributed by atoms with Gasteiger partial charge in [0.2, 0.25) is 6.41 Å². The lowest BCUT2D eigenvalue weighted by Gasteiger charge is -2.30. The van der Waals surface area contributed by atoms with E-state index in [0.717, 1.165) is 5.56 Å². The molecule has 0 saturated heterocycles. The molecule has 2 rings (SSSR count). The van der Waals surface area contributed by atoms with E-state index in [4.69, 9.17) is 4.74 Å². The summed E-state index contributed by atoms with van der Waals surface area (Å²) in [4.78, 5) is 22.4. The van der Waals surface area contributed by atoms with Crippen molar-refractivity contribution in [2.45, 2.75) is 44.6 Å². The van der Waals surface area contributed by atoms with E-state index in [-0.39, 0.29) is 11.0 Å². The van der Waals surface area contributed by atoms with Gasteiger partial charge in [0.15, 0.2) is 0 Å². The third-order valence-electron chi connectivity index (χ3n) is 4.36. The van der Waals surface area contributed by atoms with Crippen LogP contribution < -0.4 is 5.32 Å². The molecule has 0 radical (unpaired) electrons. The van der Waals surface area contributed by atoms with Gasteiger partial charge >= 0.3 is 0 Å². The Balaban J connectivity index is 2.33. The lowest BCUT2D eigenvalue weighted by atomic mass is 9.98. The average molecular weight is 356 g/mol. The van der Waals surface area contributed by atoms with Gasteiger partial charge in [0.25, 0.3) is 6.04 Å². The van der Waals surface area contributed by atoms with Crippen molar-refractivity contribution in [1.29, 1.82) is 0 Å². The molecule has 0 fully saturated rings. The van der Waals surface area contributed by atoms with Crippen LogP contribution in [0.3, 0.4) is 0 Å². The minimum Gasteiger partial charge on any atom is -0.361 e. The molecule has 4 atom stereocenters. The highest BCUT2D eigenvalue weighted by atomic mass is 16.6. The van der Waals surface area contributed by atoms with E-state index in [1.807, 2.05) is 50.2 Å². The molecular weight excluding hydrogens is 332 g/mol. The van der Waals surface area contributed by atoms with Gasteiger partial charge in [0.05, 0.1) is 6.04 Å². The molecule has 2 aromatic carbocycles. The fourth-order valence-corrected chi connectivity index (χ4v) is 3.03. The summed E-state index contributed by atoms with van der Waals surface area (Å²) in [5, 5.41) is 14.5. The standard InChI is InChI=1S/C20H24N2O4/c1-3-18(19(22(24)25)16-10-6-4-7-11-16)26-20(15(2)21-14-23)17-12-8-5-9-13-17/h4-15,18-20H,3H2,1-2H3,(H,21,23)/t15-,18+,19?,20-/m0/s1. The number of carbonyl (C=O) groups excluding carboxylic acids is 1. The Morgan fingerprint density at radius 3 is 2.08 bits per heavy atom. The Bertz CT molecular complexity index is 693. The maximum Gasteiger partial charge on any atom is 0.263 e. The Morgan fingerprint density at radius 2 is 1.62 bits per heavy atom. The third kappa shape index (κ3) is 4.89. The molecule has 138 valence electrons. The molecule has 0 aliphatic heterocycles. The number of rotatable bonds is 10. The maximum atomic E-state index is 11.8. The fraction of sp³-hybridized carbons (Fsp3) is 0.350. The second kappa shape index (κ2) is 9.68. The number of hydrogen-bond acceptors (Lipinski definition) is 4. The van der Waals surface area contributed by atoms with E-state index in [1.54, 1.807) is 24.3 Å². The maximum absolute atomic E-state index is 11.8. The van der Waals surface area contributed by atoms with Crippen LogP contribution >= 0.6 is 0 Å². The lowest BCUT2D eigenvalue weighted by Crippen LogP contribution is -2.37. The van der Waals surface area contributed by atoms with Crippen LogP contribution in [-0.2, 0) is 9.53 Å². The van der Waals surface area contributed by atoms with Crippen molar-refractivity contribution < 1.29 is 14.5 Å². The molecule has 0 aliphatic rings. The number of carbonyl (C=O) groups is 1. The van der Waals surface area contributed by atoms with Crippen LogP contribution in [0.15, 0.2) is 60.7 Å². The molecule has 0 saturated carbocycles. The molecule has 1 amide bonds. The van der Waals surface area contributed by atoms with Crippen molar-refractivity contribution in [2.24, 2.45) is 0 Å². The van der Waals surface area contributed by atoms with E-state index in [2.05, 4.69) is 5.32 Å². The summed E-state index contributed by atoms with van der Waals surface area (Å²) in [6, 6.07) is 17.0. The van der Waals surface area contributed by atoms with Crippen molar-refractivity contribution in [3.05, 3.63) is 81.9 Å². The number of ether oxygens (including phenoxy) is 1. The summed E-state index contributed by atoms with van der Waals surface area (Å²) < 4.78 is 6.21. The second-order valence-corrected chi connectivity index (χ2v) is 6.13. The molecule has 1 N–H and O–H groups in total. The highest BCUT2D eigenvalue weighted by Crippen LogP contribution is 2.31. The molecule has 26 heavy (non-hydrogen) atoms. The molecular formula is C20H24N2O4. The third-order valence-corrected chi connectivity index (χ3v) is 4.36. The number of nitrogens with one attached hydrogen (secondary N) is 1. The van der Waals surface area contributed by atoms with Crippen LogP contribution in [0.5, 0.6) is 0 Å². The predicted octanol–water partition coefficient (Wildman–Crippen LogP) is 3.68. The molecule has 1 unspecified atom stereocenters. The summed E-state index contributed by atoms with van der Waals surface area (Å²) >= 11 is 0. The SMILES string of the molecule is CC[C@@H](O[C@H](c1ccccc1)[C@H](C)NC=O)C(c1ccccc1)[N+](=O)[O-]. The minimum atomic E-state index is -0.976. The van der Waals surface area contributed by atoms with E-state index in [1.165, 1.54) is 0 Å². The summed E-state index contributed by atoms with van der Waals surface area (Å²) in [5.74, 6) is 0. The zero-order valence-corrected chi connectivity index (χ0v) is 14.9. The topological polar surface area (TPSA) is 81.5 Å². The molecule has 0 spiro atoms. The Kier molecular flexibility index (Phi) is 7.29. The highest BCUT2D eigenvalue weighted by molar-refractivity contribution is 5.47. The first-order valence-electron chi connectivity index (χ1n) is 8.67. The first-order chi connectivity index (χ1) is 12.6. The van der Waals surface area contributed by atoms with Crippen LogP contribution in [0.2, 0.25) is 0 Å². The number of nitrogens with zero attached hydrogens (tertiary/aromatic N) is 1. The minimum absolute atomic E-state index is 0.302. The Morgan fingerprint density at radius 1 is 1.08 bits per heavy atom. The van der Waals surface area contributed by atoms with E-state index in [0.29, 0.717) is 18.4 Å². The van der Waals surface area contributed by atoms with Gasteiger partial charge in [-0.15, -0.1) is 0 Å². The number of hydrogen-bond donors (Lipinski definition) is 1. The van der Waals surface area contributed by atoms with E-state index < -0.39 is 18.2 Å². The molecule has 0 aliphatic carbocycles. The quantitative estimate of drug-likeness (QED) is 0.400. The van der Waals surface area contributed by atoms with Crippen molar-refractivity contribution in [1.82, 2.24) is 5.32 Å². The summed E-state index contributed by atoms with van der Waals surface area (Å²) in [6.07, 6.45) is -0.0313. The Labute approximate surface area is 153 Å². The van der Waals surface area contributed by atoms with Crippen LogP contribution in [0.1, 0.15) is 43.5 Å². The van der Waals surface area contributed by atoms with Gasteiger partial charge in [-0.25, -0.2) is 0 Å². The average Bonchev–Trinajstić information content (AvgIpc) is 2.66. The van der Waals surface area contributed by atoms with Gasteiger partial charge in [0, 0.05) is 10.5 Å². The second-order valence-electron chi connectivity index (χ2n) is 6.13. The molecule has 2 aromatic rings. The van der Waals surface area contributed by atoms with Crippen molar-refractivity contribution in [3.8, 4) is 0 Å². The van der Waals surface area contributed by atoms with Gasteiger partial charge in [-0.3, -0.25) is 14.9 Å². The van der Waals surface area contributed by atoms with Gasteiger partial charge < -0.3 is 10.1 Å². The first kappa shape index (κ1) is 19.6. The largest absolute Gasteiger partial charge is 0.361 e. The van der Waals surface area contributed by atoms with Crippen LogP contribution in [0.4, 0.5) is 0 Å². The zero-order valence-electron chi connectivity index (χ0n) is 14.9. The van der Waals surface area contributed by atoms with Crippen molar-refractivity contribution >= 4 is 6.41 Å². The zero-order chi connectivity index (χ0) is 18.9. The van der Waals surface area contributed by atoms with E-state index >= 15 is 0 Å². The summed E-state index contributed by atoms with van der Waals surface area (Å²) in [5.41, 5.74) is 1.47. The van der Waals surface area contributed by atoms with Crippen LogP contribution in [-0.4, -0.2) is 23.5 Å². The molecule has 6 heteroatoms. The smallest absolute Gasteiger partial charge is 0.263 e. The molecule has 0 aromatic heterocycles. The van der Waals surface area contributed by atoms with Gasteiger partial charge in [-0.05, 0) is 18.9 Å². The van der Waals surface area contributed by atoms with E-state index in [9.17, 15) is 14.9 Å². The molecule has 0 bridgehead atoms. The number of nitro groups is 1.